The molecule has 1 saturated heterocycles. The van der Waals surface area contributed by atoms with Gasteiger partial charge in [0.25, 0.3) is 0 Å². The second-order valence-electron chi connectivity index (χ2n) is 7.22. The molecule has 0 spiro atoms. The van der Waals surface area contributed by atoms with E-state index in [0.717, 1.165) is 38.0 Å². The van der Waals surface area contributed by atoms with Gasteiger partial charge in [-0.25, -0.2) is 9.40 Å². The highest BCUT2D eigenvalue weighted by Crippen LogP contribution is 2.23. The van der Waals surface area contributed by atoms with E-state index in [1.807, 2.05) is 17.9 Å². The molecule has 1 amide bonds. The number of rotatable bonds is 7. The Morgan fingerprint density at radius 1 is 1.00 bits per heavy atom. The highest BCUT2D eigenvalue weighted by molar-refractivity contribution is 5.79. The van der Waals surface area contributed by atoms with Gasteiger partial charge in [-0.2, -0.15) is 0 Å². The Labute approximate surface area is 167 Å². The van der Waals surface area contributed by atoms with E-state index in [-0.39, 0.29) is 17.8 Å². The maximum atomic E-state index is 13.1. The Morgan fingerprint density at radius 2 is 1.64 bits per heavy atom. The number of halogens is 1. The Bertz CT molecular complexity index is 742. The molecule has 150 valence electrons. The third kappa shape index (κ3) is 4.90. The van der Waals surface area contributed by atoms with Gasteiger partial charge >= 0.3 is 0 Å². The smallest absolute Gasteiger partial charge is 0.227 e. The fraction of sp³-hybridized carbons (Fsp3) is 0.435. The number of hydrazine groups is 1. The van der Waals surface area contributed by atoms with Gasteiger partial charge in [0, 0.05) is 32.2 Å². The van der Waals surface area contributed by atoms with Crippen LogP contribution < -0.4 is 5.01 Å². The van der Waals surface area contributed by atoms with E-state index in [2.05, 4.69) is 41.2 Å². The second-order valence-corrected chi connectivity index (χ2v) is 7.22. The van der Waals surface area contributed by atoms with E-state index < -0.39 is 0 Å². The Balaban J connectivity index is 1.59. The molecule has 2 aromatic rings. The van der Waals surface area contributed by atoms with E-state index in [0.29, 0.717) is 13.0 Å². The van der Waals surface area contributed by atoms with Crippen LogP contribution >= 0.6 is 0 Å². The first-order valence-corrected chi connectivity index (χ1v) is 10.2. The van der Waals surface area contributed by atoms with E-state index in [4.69, 9.17) is 0 Å². The maximum Gasteiger partial charge on any atom is 0.227 e. The van der Waals surface area contributed by atoms with Gasteiger partial charge in [0.2, 0.25) is 5.91 Å². The molecule has 0 saturated carbocycles. The number of para-hydroxylation sites is 1. The highest BCUT2D eigenvalue weighted by Gasteiger charge is 2.29. The molecule has 1 fully saturated rings. The van der Waals surface area contributed by atoms with Crippen molar-refractivity contribution < 1.29 is 9.18 Å². The molecule has 0 atom stereocenters. The molecule has 0 bridgehead atoms. The number of anilines is 1. The lowest BCUT2D eigenvalue weighted by Gasteiger charge is -2.43. The van der Waals surface area contributed by atoms with Crippen LogP contribution in [0.1, 0.15) is 32.3 Å². The number of likely N-dealkylation sites (N-methyl/N-ethyl adjacent to an activating group) is 1. The molecule has 1 aliphatic rings. The lowest BCUT2D eigenvalue weighted by molar-refractivity contribution is -0.133. The summed E-state index contributed by atoms with van der Waals surface area (Å²) in [5.41, 5.74) is 2.08. The van der Waals surface area contributed by atoms with Gasteiger partial charge in [-0.3, -0.25) is 4.79 Å². The van der Waals surface area contributed by atoms with Crippen LogP contribution in [0.4, 0.5) is 10.1 Å². The van der Waals surface area contributed by atoms with Crippen molar-refractivity contribution in [1.82, 2.24) is 9.91 Å². The van der Waals surface area contributed by atoms with Crippen molar-refractivity contribution in [3.05, 3.63) is 66.0 Å². The maximum absolute atomic E-state index is 13.1. The Hall–Kier alpha value is -2.40. The summed E-state index contributed by atoms with van der Waals surface area (Å²) in [6.45, 7) is 7.72. The SMILES string of the molecule is CCN(C(=O)Cc1ccc(F)cc1)C1CCN(N(CC)c2ccccc2)CC1. The van der Waals surface area contributed by atoms with Gasteiger partial charge in [-0.1, -0.05) is 30.3 Å². The van der Waals surface area contributed by atoms with Gasteiger partial charge in [-0.15, -0.1) is 0 Å². The fourth-order valence-electron chi connectivity index (χ4n) is 4.07. The van der Waals surface area contributed by atoms with Crippen molar-refractivity contribution in [2.75, 3.05) is 31.2 Å². The number of carbonyl (C=O) groups is 1. The molecule has 3 rings (SSSR count). The van der Waals surface area contributed by atoms with Crippen molar-refractivity contribution in [1.29, 1.82) is 0 Å². The summed E-state index contributed by atoms with van der Waals surface area (Å²) in [7, 11) is 0. The van der Waals surface area contributed by atoms with Crippen LogP contribution in [0, 0.1) is 5.82 Å². The minimum Gasteiger partial charge on any atom is -0.340 e. The standard InChI is InChI=1S/C23H30FN3O/c1-3-26(23(28)18-19-10-12-20(24)13-11-19)21-14-16-25(17-15-21)27(4-2)22-8-6-5-7-9-22/h5-13,21H,3-4,14-18H2,1-2H3. The predicted molar refractivity (Wildman–Crippen MR) is 112 cm³/mol. The third-order valence-corrected chi connectivity index (χ3v) is 5.51. The quantitative estimate of drug-likeness (QED) is 0.720. The van der Waals surface area contributed by atoms with Crippen LogP contribution in [-0.2, 0) is 11.2 Å². The molecule has 1 aliphatic heterocycles. The van der Waals surface area contributed by atoms with Crippen LogP contribution in [0.15, 0.2) is 54.6 Å². The number of amides is 1. The first-order valence-electron chi connectivity index (χ1n) is 10.2. The third-order valence-electron chi connectivity index (χ3n) is 5.51. The van der Waals surface area contributed by atoms with E-state index in [9.17, 15) is 9.18 Å². The first kappa shape index (κ1) is 20.3. The van der Waals surface area contributed by atoms with Crippen LogP contribution in [0.25, 0.3) is 0 Å². The summed E-state index contributed by atoms with van der Waals surface area (Å²) < 4.78 is 13.1. The number of benzene rings is 2. The second kappa shape index (κ2) is 9.69. The van der Waals surface area contributed by atoms with Crippen molar-refractivity contribution in [2.24, 2.45) is 0 Å². The summed E-state index contributed by atoms with van der Waals surface area (Å²) >= 11 is 0. The van der Waals surface area contributed by atoms with Crippen LogP contribution in [0.5, 0.6) is 0 Å². The van der Waals surface area contributed by atoms with Gasteiger partial charge in [0.05, 0.1) is 12.1 Å². The van der Waals surface area contributed by atoms with E-state index >= 15 is 0 Å². The first-order chi connectivity index (χ1) is 13.6. The number of nitrogens with zero attached hydrogens (tertiary/aromatic N) is 3. The number of hydrogen-bond donors (Lipinski definition) is 0. The topological polar surface area (TPSA) is 26.8 Å². The summed E-state index contributed by atoms with van der Waals surface area (Å²) in [6.07, 6.45) is 2.26. The van der Waals surface area contributed by atoms with Gasteiger partial charge < -0.3 is 9.91 Å². The van der Waals surface area contributed by atoms with Crippen LogP contribution in [0.2, 0.25) is 0 Å². The average Bonchev–Trinajstić information content (AvgIpc) is 2.73. The van der Waals surface area contributed by atoms with Crippen molar-refractivity contribution >= 4 is 11.6 Å². The fourth-order valence-corrected chi connectivity index (χ4v) is 4.07. The molecule has 0 radical (unpaired) electrons. The molecular formula is C23H30FN3O. The van der Waals surface area contributed by atoms with Crippen LogP contribution in [-0.4, -0.2) is 48.0 Å². The lowest BCUT2D eigenvalue weighted by Crippen LogP contribution is -2.52. The van der Waals surface area contributed by atoms with Gasteiger partial charge in [-0.05, 0) is 56.5 Å². The summed E-state index contributed by atoms with van der Waals surface area (Å²) in [5, 5.41) is 4.72. The molecule has 4 nitrogen and oxygen atoms in total. The van der Waals surface area contributed by atoms with Crippen molar-refractivity contribution in [3.8, 4) is 0 Å². The van der Waals surface area contributed by atoms with Gasteiger partial charge in [0.15, 0.2) is 0 Å². The van der Waals surface area contributed by atoms with E-state index in [1.54, 1.807) is 12.1 Å². The van der Waals surface area contributed by atoms with Crippen LogP contribution in [0.3, 0.4) is 0 Å². The molecule has 0 aliphatic carbocycles. The lowest BCUT2D eigenvalue weighted by atomic mass is 10.0. The number of piperidine rings is 1. The van der Waals surface area contributed by atoms with E-state index in [1.165, 1.54) is 17.8 Å². The molecule has 5 heteroatoms. The Morgan fingerprint density at radius 3 is 2.21 bits per heavy atom. The molecular weight excluding hydrogens is 353 g/mol. The molecule has 1 heterocycles. The largest absolute Gasteiger partial charge is 0.340 e. The normalized spacial score (nSPS) is 15.4. The summed E-state index contributed by atoms with van der Waals surface area (Å²) in [4.78, 5) is 14.8. The zero-order valence-electron chi connectivity index (χ0n) is 16.9. The number of hydrogen-bond acceptors (Lipinski definition) is 3. The van der Waals surface area contributed by atoms with Crippen molar-refractivity contribution in [3.63, 3.8) is 0 Å². The highest BCUT2D eigenvalue weighted by atomic mass is 19.1. The molecule has 0 unspecified atom stereocenters. The zero-order chi connectivity index (χ0) is 19.9. The monoisotopic (exact) mass is 383 g/mol. The van der Waals surface area contributed by atoms with Crippen molar-refractivity contribution in [2.45, 2.75) is 39.2 Å². The molecule has 0 aromatic heterocycles. The van der Waals surface area contributed by atoms with Gasteiger partial charge in [0.1, 0.15) is 5.82 Å². The Kier molecular flexibility index (Phi) is 7.04. The minimum absolute atomic E-state index is 0.128. The summed E-state index contributed by atoms with van der Waals surface area (Å²) in [6, 6.07) is 16.9. The number of carbonyl (C=O) groups excluding carboxylic acids is 1. The minimum atomic E-state index is -0.269. The average molecular weight is 384 g/mol. The predicted octanol–water partition coefficient (Wildman–Crippen LogP) is 4.12. The molecule has 2 aromatic carbocycles. The summed E-state index contributed by atoms with van der Waals surface area (Å²) in [5.74, 6) is -0.141. The molecule has 0 N–H and O–H groups in total. The molecule has 28 heavy (non-hydrogen) atoms. The zero-order valence-corrected chi connectivity index (χ0v) is 16.9.